The number of unbranched alkanes of at least 4 members (excludes halogenated alkanes) is 2. The first-order valence-electron chi connectivity index (χ1n) is 9.18. The van der Waals surface area contributed by atoms with Crippen LogP contribution in [0.2, 0.25) is 0 Å². The average molecular weight is 415 g/mol. The van der Waals surface area contributed by atoms with Crippen LogP contribution in [-0.4, -0.2) is 27.6 Å². The van der Waals surface area contributed by atoms with Gasteiger partial charge < -0.3 is 9.73 Å². The zero-order valence-electron chi connectivity index (χ0n) is 15.6. The van der Waals surface area contributed by atoms with Crippen molar-refractivity contribution in [3.05, 3.63) is 58.9 Å². The Morgan fingerprint density at radius 2 is 2.00 bits per heavy atom. The van der Waals surface area contributed by atoms with Crippen molar-refractivity contribution in [1.82, 2.24) is 4.90 Å². The lowest BCUT2D eigenvalue weighted by Crippen LogP contribution is -2.29. The number of furan rings is 1. The highest BCUT2D eigenvalue weighted by atomic mass is 32.2. The third-order valence-electron chi connectivity index (χ3n) is 4.31. The van der Waals surface area contributed by atoms with Crippen molar-refractivity contribution in [3.8, 4) is 0 Å². The molecule has 0 unspecified atom stereocenters. The molecule has 1 saturated heterocycles. The topological polar surface area (TPSA) is 62.6 Å². The minimum absolute atomic E-state index is 0.0100. The van der Waals surface area contributed by atoms with Gasteiger partial charge in [0.1, 0.15) is 10.1 Å². The summed E-state index contributed by atoms with van der Waals surface area (Å²) in [6.45, 7) is 2.58. The lowest BCUT2D eigenvalue weighted by molar-refractivity contribution is -0.122. The molecule has 1 N–H and O–H groups in total. The number of hydrogen-bond donors (Lipinski definition) is 1. The summed E-state index contributed by atoms with van der Waals surface area (Å²) in [4.78, 5) is 26.7. The van der Waals surface area contributed by atoms with Crippen molar-refractivity contribution in [2.75, 3.05) is 11.9 Å². The largest absolute Gasteiger partial charge is 0.465 e. The van der Waals surface area contributed by atoms with E-state index in [0.29, 0.717) is 28.0 Å². The fourth-order valence-electron chi connectivity index (χ4n) is 2.79. The van der Waals surface area contributed by atoms with Crippen LogP contribution in [0.4, 0.5) is 5.69 Å². The number of aryl methyl sites for hydroxylation is 1. The van der Waals surface area contributed by atoms with E-state index in [-0.39, 0.29) is 11.8 Å². The summed E-state index contributed by atoms with van der Waals surface area (Å²) in [5, 5.41) is 2.90. The maximum Gasteiger partial charge on any atom is 0.266 e. The SMILES string of the molecule is Cc1ccc(NC(=O)CCCCCN2C(=O)/C(=C/c3ccco3)SC2=S)cc1. The summed E-state index contributed by atoms with van der Waals surface area (Å²) < 4.78 is 5.83. The zero-order chi connectivity index (χ0) is 19.9. The number of amides is 2. The van der Waals surface area contributed by atoms with Crippen molar-refractivity contribution < 1.29 is 14.0 Å². The molecule has 1 fully saturated rings. The number of nitrogens with zero attached hydrogens (tertiary/aromatic N) is 1. The molecule has 0 atom stereocenters. The van der Waals surface area contributed by atoms with Gasteiger partial charge in [-0.05, 0) is 44.0 Å². The Kier molecular flexibility index (Phi) is 7.06. The molecule has 1 aromatic carbocycles. The highest BCUT2D eigenvalue weighted by molar-refractivity contribution is 8.26. The number of nitrogens with one attached hydrogen (secondary N) is 1. The fraction of sp³-hybridized carbons (Fsp3) is 0.286. The summed E-state index contributed by atoms with van der Waals surface area (Å²) in [6, 6.07) is 11.3. The third kappa shape index (κ3) is 5.56. The van der Waals surface area contributed by atoms with Gasteiger partial charge >= 0.3 is 0 Å². The van der Waals surface area contributed by atoms with Crippen LogP contribution in [-0.2, 0) is 9.59 Å². The maximum absolute atomic E-state index is 12.5. The fourth-order valence-corrected chi connectivity index (χ4v) is 4.08. The van der Waals surface area contributed by atoms with Crippen LogP contribution in [0.1, 0.15) is 37.0 Å². The first kappa shape index (κ1) is 20.4. The van der Waals surface area contributed by atoms with Crippen molar-refractivity contribution in [2.45, 2.75) is 32.6 Å². The summed E-state index contributed by atoms with van der Waals surface area (Å²) >= 11 is 6.62. The minimum atomic E-state index is -0.0801. The number of thiocarbonyl (C=S) groups is 1. The van der Waals surface area contributed by atoms with E-state index in [1.165, 1.54) is 11.8 Å². The van der Waals surface area contributed by atoms with E-state index in [1.54, 1.807) is 29.4 Å². The lowest BCUT2D eigenvalue weighted by atomic mass is 10.1. The predicted molar refractivity (Wildman–Crippen MR) is 117 cm³/mol. The highest BCUT2D eigenvalue weighted by Crippen LogP contribution is 2.32. The zero-order valence-corrected chi connectivity index (χ0v) is 17.3. The number of carbonyl (C=O) groups excluding carboxylic acids is 2. The molecule has 2 amide bonds. The Morgan fingerprint density at radius 3 is 2.71 bits per heavy atom. The van der Waals surface area contributed by atoms with E-state index in [9.17, 15) is 9.59 Å². The number of thioether (sulfide) groups is 1. The second kappa shape index (κ2) is 9.71. The standard InChI is InChI=1S/C21H22N2O3S2/c1-15-8-10-16(11-9-15)22-19(24)7-3-2-4-12-23-20(25)18(28-21(23)27)14-17-6-5-13-26-17/h5-6,8-11,13-14H,2-4,7,12H2,1H3,(H,22,24)/b18-14-. The molecule has 5 nitrogen and oxygen atoms in total. The summed E-state index contributed by atoms with van der Waals surface area (Å²) in [6.07, 6.45) is 6.18. The molecule has 2 heterocycles. The van der Waals surface area contributed by atoms with Crippen LogP contribution in [0.25, 0.3) is 6.08 Å². The Bertz CT molecular complexity index is 874. The lowest BCUT2D eigenvalue weighted by Gasteiger charge is -2.14. The first-order valence-corrected chi connectivity index (χ1v) is 10.4. The monoisotopic (exact) mass is 414 g/mol. The quantitative estimate of drug-likeness (QED) is 0.375. The van der Waals surface area contributed by atoms with Crippen molar-refractivity contribution in [1.29, 1.82) is 0 Å². The second-order valence-corrected chi connectivity index (χ2v) is 8.25. The van der Waals surface area contributed by atoms with E-state index in [0.717, 1.165) is 30.5 Å². The smallest absolute Gasteiger partial charge is 0.266 e. The van der Waals surface area contributed by atoms with Gasteiger partial charge in [0.2, 0.25) is 5.91 Å². The van der Waals surface area contributed by atoms with Gasteiger partial charge in [-0.25, -0.2) is 0 Å². The summed E-state index contributed by atoms with van der Waals surface area (Å²) in [5.74, 6) is 0.569. The van der Waals surface area contributed by atoms with Crippen molar-refractivity contribution >= 4 is 51.9 Å². The van der Waals surface area contributed by atoms with Gasteiger partial charge in [0.15, 0.2) is 0 Å². The normalized spacial score (nSPS) is 15.5. The van der Waals surface area contributed by atoms with Gasteiger partial charge in [-0.15, -0.1) is 0 Å². The first-order chi connectivity index (χ1) is 13.5. The van der Waals surface area contributed by atoms with Crippen molar-refractivity contribution in [2.24, 2.45) is 0 Å². The maximum atomic E-state index is 12.5. The van der Waals surface area contributed by atoms with Gasteiger partial charge in [-0.3, -0.25) is 14.5 Å². The van der Waals surface area contributed by atoms with Crippen LogP contribution >= 0.6 is 24.0 Å². The summed E-state index contributed by atoms with van der Waals surface area (Å²) in [5.41, 5.74) is 1.98. The molecule has 1 aliphatic heterocycles. The average Bonchev–Trinajstić information content (AvgIpc) is 3.27. The number of anilines is 1. The number of hydrogen-bond acceptors (Lipinski definition) is 5. The predicted octanol–water partition coefficient (Wildman–Crippen LogP) is 4.99. The molecule has 28 heavy (non-hydrogen) atoms. The van der Waals surface area contributed by atoms with Crippen LogP contribution in [0.15, 0.2) is 52.0 Å². The van der Waals surface area contributed by atoms with Gasteiger partial charge in [0.25, 0.3) is 5.91 Å². The number of benzene rings is 1. The van der Waals surface area contributed by atoms with Crippen LogP contribution < -0.4 is 5.32 Å². The summed E-state index contributed by atoms with van der Waals surface area (Å²) in [7, 11) is 0. The minimum Gasteiger partial charge on any atom is -0.465 e. The van der Waals surface area contributed by atoms with E-state index < -0.39 is 0 Å². The molecule has 0 aliphatic carbocycles. The molecule has 0 radical (unpaired) electrons. The molecule has 7 heteroatoms. The van der Waals surface area contributed by atoms with Gasteiger partial charge in [-0.1, -0.05) is 48.1 Å². The molecular weight excluding hydrogens is 392 g/mol. The van der Waals surface area contributed by atoms with Gasteiger partial charge in [0, 0.05) is 24.7 Å². The Labute approximate surface area is 174 Å². The van der Waals surface area contributed by atoms with Gasteiger partial charge in [0.05, 0.1) is 11.2 Å². The number of rotatable bonds is 8. The third-order valence-corrected chi connectivity index (χ3v) is 5.69. The second-order valence-electron chi connectivity index (χ2n) is 6.57. The highest BCUT2D eigenvalue weighted by Gasteiger charge is 2.31. The Hall–Kier alpha value is -2.38. The van der Waals surface area contributed by atoms with Crippen LogP contribution in [0, 0.1) is 6.92 Å². The Balaban J connectivity index is 1.38. The molecule has 0 bridgehead atoms. The van der Waals surface area contributed by atoms with E-state index in [2.05, 4.69) is 5.32 Å². The van der Waals surface area contributed by atoms with Gasteiger partial charge in [-0.2, -0.15) is 0 Å². The molecule has 1 aromatic heterocycles. The molecule has 0 saturated carbocycles. The van der Waals surface area contributed by atoms with E-state index in [1.807, 2.05) is 31.2 Å². The molecule has 3 rings (SSSR count). The number of carbonyl (C=O) groups is 2. The van der Waals surface area contributed by atoms with E-state index >= 15 is 0 Å². The molecule has 0 spiro atoms. The van der Waals surface area contributed by atoms with Crippen LogP contribution in [0.3, 0.4) is 0 Å². The molecular formula is C21H22N2O3S2. The molecule has 2 aromatic rings. The molecule has 146 valence electrons. The van der Waals surface area contributed by atoms with Crippen molar-refractivity contribution in [3.63, 3.8) is 0 Å². The molecule has 1 aliphatic rings. The van der Waals surface area contributed by atoms with Crippen LogP contribution in [0.5, 0.6) is 0 Å². The Morgan fingerprint density at radius 1 is 1.21 bits per heavy atom. The van der Waals surface area contributed by atoms with E-state index in [4.69, 9.17) is 16.6 Å².